The molecule has 0 radical (unpaired) electrons. The lowest BCUT2D eigenvalue weighted by molar-refractivity contribution is -0.146. The summed E-state index contributed by atoms with van der Waals surface area (Å²) in [6.07, 6.45) is 5.72. The minimum Gasteiger partial charge on any atom is -0.468 e. The molecule has 1 aromatic rings. The molecule has 120 valence electrons. The average Bonchev–Trinajstić information content (AvgIpc) is 2.84. The van der Waals surface area contributed by atoms with Crippen LogP contribution in [0.25, 0.3) is 0 Å². The van der Waals surface area contributed by atoms with Crippen molar-refractivity contribution in [3.05, 3.63) is 28.0 Å². The topological polar surface area (TPSA) is 42.4 Å². The lowest BCUT2D eigenvalue weighted by atomic mass is 9.84. The summed E-state index contributed by atoms with van der Waals surface area (Å²) in [6.45, 7) is 0.656. The van der Waals surface area contributed by atoms with Crippen LogP contribution < -0.4 is 0 Å². The van der Waals surface area contributed by atoms with Gasteiger partial charge in [-0.1, -0.05) is 36.0 Å². The van der Waals surface area contributed by atoms with Gasteiger partial charge in [0.15, 0.2) is 0 Å². The van der Waals surface area contributed by atoms with Gasteiger partial charge in [0.2, 0.25) is 0 Å². The van der Waals surface area contributed by atoms with Crippen LogP contribution in [0.5, 0.6) is 0 Å². The van der Waals surface area contributed by atoms with Gasteiger partial charge in [-0.05, 0) is 42.9 Å². The zero-order valence-corrected chi connectivity index (χ0v) is 14.1. The monoisotopic (exact) mass is 342 g/mol. The number of methoxy groups -OCH3 is 1. The quantitative estimate of drug-likeness (QED) is 0.620. The molecule has 0 amide bonds. The van der Waals surface area contributed by atoms with Crippen LogP contribution >= 0.6 is 23.2 Å². The van der Waals surface area contributed by atoms with Gasteiger partial charge < -0.3 is 4.74 Å². The average molecular weight is 343 g/mol. The molecule has 3 rings (SSSR count). The zero-order chi connectivity index (χ0) is 15.7. The smallest absolute Gasteiger partial charge is 0.323 e. The highest BCUT2D eigenvalue weighted by Crippen LogP contribution is 2.41. The number of aromatic nitrogens is 1. The van der Waals surface area contributed by atoms with Crippen LogP contribution in [0.3, 0.4) is 0 Å². The lowest BCUT2D eigenvalue weighted by Crippen LogP contribution is -2.42. The summed E-state index contributed by atoms with van der Waals surface area (Å²) in [4.78, 5) is 18.4. The Labute approximate surface area is 140 Å². The molecule has 1 aliphatic heterocycles. The fourth-order valence-electron chi connectivity index (χ4n) is 3.96. The number of likely N-dealkylation sites (tertiary alicyclic amines) is 1. The Hall–Kier alpha value is -0.840. The Morgan fingerprint density at radius 1 is 1.32 bits per heavy atom. The number of esters is 1. The van der Waals surface area contributed by atoms with Gasteiger partial charge in [0, 0.05) is 12.6 Å². The molecule has 1 saturated carbocycles. The van der Waals surface area contributed by atoms with E-state index < -0.39 is 0 Å². The number of hydrogen-bond acceptors (Lipinski definition) is 4. The van der Waals surface area contributed by atoms with E-state index in [1.165, 1.54) is 26.4 Å². The van der Waals surface area contributed by atoms with Crippen LogP contribution in [0.4, 0.5) is 0 Å². The third kappa shape index (κ3) is 3.24. The first-order valence-electron chi connectivity index (χ1n) is 7.74. The fourth-order valence-corrected chi connectivity index (χ4v) is 4.47. The summed E-state index contributed by atoms with van der Waals surface area (Å²) in [5, 5.41) is 0.771. The summed E-state index contributed by atoms with van der Waals surface area (Å²) in [5.41, 5.74) is 0.991. The Bertz CT molecular complexity index is 547. The van der Waals surface area contributed by atoms with Crippen molar-refractivity contribution >= 4 is 29.2 Å². The van der Waals surface area contributed by atoms with E-state index in [0.717, 1.165) is 18.4 Å². The fraction of sp³-hybridized carbons (Fsp3) is 0.625. The van der Waals surface area contributed by atoms with E-state index in [1.807, 2.05) is 12.1 Å². The summed E-state index contributed by atoms with van der Waals surface area (Å²) in [7, 11) is 1.46. The Balaban J connectivity index is 1.84. The predicted molar refractivity (Wildman–Crippen MR) is 86.0 cm³/mol. The number of rotatable bonds is 3. The van der Waals surface area contributed by atoms with Crippen molar-refractivity contribution in [3.8, 4) is 0 Å². The van der Waals surface area contributed by atoms with E-state index in [9.17, 15) is 4.79 Å². The first kappa shape index (κ1) is 16.0. The van der Waals surface area contributed by atoms with Crippen LogP contribution in [-0.2, 0) is 16.1 Å². The molecule has 0 bridgehead atoms. The minimum absolute atomic E-state index is 0.138. The first-order chi connectivity index (χ1) is 10.6. The molecule has 2 aliphatic rings. The van der Waals surface area contributed by atoms with E-state index in [1.54, 1.807) is 0 Å². The molecule has 6 heteroatoms. The minimum atomic E-state index is -0.163. The largest absolute Gasteiger partial charge is 0.468 e. The Kier molecular flexibility index (Phi) is 4.91. The molecular formula is C16H20Cl2N2O2. The number of hydrogen-bond donors (Lipinski definition) is 0. The maximum atomic E-state index is 12.2. The molecule has 0 aromatic carbocycles. The van der Waals surface area contributed by atoms with Gasteiger partial charge in [0.05, 0.1) is 7.11 Å². The Morgan fingerprint density at radius 3 is 2.68 bits per heavy atom. The molecule has 0 N–H and O–H groups in total. The third-order valence-electron chi connectivity index (χ3n) is 4.88. The summed E-state index contributed by atoms with van der Waals surface area (Å²) in [6, 6.07) is 3.92. The van der Waals surface area contributed by atoms with Gasteiger partial charge in [0.25, 0.3) is 0 Å². The molecule has 1 aliphatic carbocycles. The van der Waals surface area contributed by atoms with E-state index in [4.69, 9.17) is 27.9 Å². The van der Waals surface area contributed by atoms with Crippen LogP contribution in [0.2, 0.25) is 10.3 Å². The van der Waals surface area contributed by atoms with Crippen LogP contribution in [0.15, 0.2) is 12.1 Å². The third-order valence-corrected chi connectivity index (χ3v) is 5.27. The Morgan fingerprint density at radius 2 is 2.00 bits per heavy atom. The number of nitrogens with zero attached hydrogens (tertiary/aromatic N) is 2. The molecule has 2 fully saturated rings. The van der Waals surface area contributed by atoms with Crippen molar-refractivity contribution in [2.75, 3.05) is 7.11 Å². The SMILES string of the molecule is COC(=O)[C@@H]1C[C@@H]2CCCC[C@@H]2N1Cc1cc(Cl)nc(Cl)c1. The number of ether oxygens (including phenoxy) is 1. The first-order valence-corrected chi connectivity index (χ1v) is 8.49. The standard InChI is InChI=1S/C16H20Cl2N2O2/c1-22-16(21)13-8-11-4-2-3-5-12(11)20(13)9-10-6-14(17)19-15(18)7-10/h6-7,11-13H,2-5,8-9H2,1H3/t11-,12-,13-/m0/s1. The van der Waals surface area contributed by atoms with E-state index >= 15 is 0 Å². The normalized spacial score (nSPS) is 28.4. The number of pyridine rings is 1. The predicted octanol–water partition coefficient (Wildman–Crippen LogP) is 3.69. The number of fused-ring (bicyclic) bond motifs is 1. The highest BCUT2D eigenvalue weighted by Gasteiger charge is 2.45. The van der Waals surface area contributed by atoms with Crippen LogP contribution in [-0.4, -0.2) is 35.0 Å². The maximum absolute atomic E-state index is 12.2. The van der Waals surface area contributed by atoms with Gasteiger partial charge in [0.1, 0.15) is 16.3 Å². The number of carbonyl (C=O) groups excluding carboxylic acids is 1. The second kappa shape index (κ2) is 6.73. The highest BCUT2D eigenvalue weighted by molar-refractivity contribution is 6.32. The van der Waals surface area contributed by atoms with Crippen molar-refractivity contribution in [3.63, 3.8) is 0 Å². The number of halogens is 2. The zero-order valence-electron chi connectivity index (χ0n) is 12.6. The second-order valence-electron chi connectivity index (χ2n) is 6.18. The molecule has 1 saturated heterocycles. The van der Waals surface area contributed by atoms with Crippen molar-refractivity contribution in [2.45, 2.75) is 50.7 Å². The van der Waals surface area contributed by atoms with E-state index in [-0.39, 0.29) is 12.0 Å². The molecule has 3 atom stereocenters. The molecule has 2 heterocycles. The van der Waals surface area contributed by atoms with Gasteiger partial charge in [-0.15, -0.1) is 0 Å². The van der Waals surface area contributed by atoms with E-state index in [0.29, 0.717) is 28.8 Å². The highest BCUT2D eigenvalue weighted by atomic mass is 35.5. The maximum Gasteiger partial charge on any atom is 0.323 e. The molecule has 0 spiro atoms. The van der Waals surface area contributed by atoms with Gasteiger partial charge in [-0.25, -0.2) is 4.98 Å². The molecule has 1 aromatic heterocycles. The van der Waals surface area contributed by atoms with Gasteiger partial charge >= 0.3 is 5.97 Å². The summed E-state index contributed by atoms with van der Waals surface area (Å²) in [5.74, 6) is 0.450. The lowest BCUT2D eigenvalue weighted by Gasteiger charge is -2.33. The van der Waals surface area contributed by atoms with Crippen molar-refractivity contribution in [1.82, 2.24) is 9.88 Å². The van der Waals surface area contributed by atoms with Crippen LogP contribution in [0, 0.1) is 5.92 Å². The van der Waals surface area contributed by atoms with Crippen molar-refractivity contribution < 1.29 is 9.53 Å². The molecule has 4 nitrogen and oxygen atoms in total. The molecule has 0 unspecified atom stereocenters. The van der Waals surface area contributed by atoms with Crippen molar-refractivity contribution in [1.29, 1.82) is 0 Å². The van der Waals surface area contributed by atoms with E-state index in [2.05, 4.69) is 9.88 Å². The summed E-state index contributed by atoms with van der Waals surface area (Å²) >= 11 is 12.0. The van der Waals surface area contributed by atoms with Crippen LogP contribution in [0.1, 0.15) is 37.7 Å². The number of carbonyl (C=O) groups is 1. The molecular weight excluding hydrogens is 323 g/mol. The summed E-state index contributed by atoms with van der Waals surface area (Å²) < 4.78 is 5.01. The van der Waals surface area contributed by atoms with Crippen molar-refractivity contribution in [2.24, 2.45) is 5.92 Å². The molecule has 22 heavy (non-hydrogen) atoms. The second-order valence-corrected chi connectivity index (χ2v) is 6.95. The van der Waals surface area contributed by atoms with Gasteiger partial charge in [-0.2, -0.15) is 0 Å². The van der Waals surface area contributed by atoms with Gasteiger partial charge in [-0.3, -0.25) is 9.69 Å².